The molecule has 1 saturated heterocycles. The third kappa shape index (κ3) is 3.97. The quantitative estimate of drug-likeness (QED) is 0.586. The highest BCUT2D eigenvalue weighted by Gasteiger charge is 2.32. The van der Waals surface area contributed by atoms with Gasteiger partial charge in [-0.25, -0.2) is 8.42 Å². The van der Waals surface area contributed by atoms with Gasteiger partial charge in [0.2, 0.25) is 10.0 Å². The van der Waals surface area contributed by atoms with Gasteiger partial charge in [-0.15, -0.1) is 0 Å². The van der Waals surface area contributed by atoms with Crippen molar-refractivity contribution in [1.82, 2.24) is 9.29 Å². The molecule has 5 nitrogen and oxygen atoms in total. The molecule has 1 aromatic heterocycles. The van der Waals surface area contributed by atoms with Gasteiger partial charge in [0.1, 0.15) is 0 Å². The number of fused-ring (bicyclic) bond motifs is 1. The summed E-state index contributed by atoms with van der Waals surface area (Å²) in [5.74, 6) is 0. The highest BCUT2D eigenvalue weighted by atomic mass is 35.5. The summed E-state index contributed by atoms with van der Waals surface area (Å²) in [6.07, 6.45) is -2.83. The molecule has 0 atom stereocenters. The van der Waals surface area contributed by atoms with Crippen LogP contribution in [0.4, 0.5) is 18.9 Å². The van der Waals surface area contributed by atoms with Crippen molar-refractivity contribution in [1.29, 1.82) is 0 Å². The second-order valence-electron chi connectivity index (χ2n) is 6.90. The molecule has 4 rings (SSSR count). The minimum absolute atomic E-state index is 0.145. The van der Waals surface area contributed by atoms with Gasteiger partial charge >= 0.3 is 6.18 Å². The Hall–Kier alpha value is -2.36. The van der Waals surface area contributed by atoms with E-state index in [1.807, 2.05) is 12.1 Å². The van der Waals surface area contributed by atoms with E-state index >= 15 is 0 Å². The van der Waals surface area contributed by atoms with E-state index in [1.165, 1.54) is 4.31 Å². The smallest absolute Gasteiger partial charge is 0.368 e. The van der Waals surface area contributed by atoms with Gasteiger partial charge in [-0.05, 0) is 48.5 Å². The molecule has 1 aliphatic rings. The highest BCUT2D eigenvalue weighted by Crippen LogP contribution is 2.31. The van der Waals surface area contributed by atoms with E-state index in [2.05, 4.69) is 9.88 Å². The maximum Gasteiger partial charge on any atom is 0.416 e. The number of piperazine rings is 1. The minimum atomic E-state index is -4.51. The summed E-state index contributed by atoms with van der Waals surface area (Å²) in [6.45, 7) is 1.34. The summed E-state index contributed by atoms with van der Waals surface area (Å²) in [6, 6.07) is 10.9. The van der Waals surface area contributed by atoms with Crippen LogP contribution in [0.15, 0.2) is 59.6 Å². The topological polar surface area (TPSA) is 53.5 Å². The van der Waals surface area contributed by atoms with Crippen molar-refractivity contribution in [3.8, 4) is 0 Å². The Bertz CT molecular complexity index is 1180. The van der Waals surface area contributed by atoms with E-state index in [0.29, 0.717) is 18.1 Å². The van der Waals surface area contributed by atoms with Crippen LogP contribution in [0.1, 0.15) is 5.56 Å². The lowest BCUT2D eigenvalue weighted by atomic mass is 10.1. The van der Waals surface area contributed by atoms with Gasteiger partial charge in [0.05, 0.1) is 16.0 Å². The lowest BCUT2D eigenvalue weighted by Crippen LogP contribution is -2.48. The molecule has 0 radical (unpaired) electrons. The van der Waals surface area contributed by atoms with Crippen molar-refractivity contribution in [2.24, 2.45) is 0 Å². The van der Waals surface area contributed by atoms with E-state index < -0.39 is 21.8 Å². The average Bonchev–Trinajstić information content (AvgIpc) is 2.72. The molecule has 30 heavy (non-hydrogen) atoms. The van der Waals surface area contributed by atoms with Crippen molar-refractivity contribution in [3.05, 3.63) is 65.3 Å². The van der Waals surface area contributed by atoms with E-state index in [9.17, 15) is 21.6 Å². The number of aromatic nitrogens is 1. The number of nitrogens with zero attached hydrogens (tertiary/aromatic N) is 3. The number of rotatable bonds is 3. The van der Waals surface area contributed by atoms with Gasteiger partial charge in [0.15, 0.2) is 0 Å². The normalized spacial score (nSPS) is 16.2. The Morgan fingerprint density at radius 3 is 2.23 bits per heavy atom. The van der Waals surface area contributed by atoms with Crippen LogP contribution in [0.3, 0.4) is 0 Å². The number of alkyl halides is 3. The summed E-state index contributed by atoms with van der Waals surface area (Å²) in [5, 5.41) is 1.50. The predicted octanol–water partition coefficient (Wildman–Crippen LogP) is 4.42. The largest absolute Gasteiger partial charge is 0.416 e. The van der Waals surface area contributed by atoms with E-state index in [0.717, 1.165) is 40.9 Å². The van der Waals surface area contributed by atoms with Crippen molar-refractivity contribution in [2.45, 2.75) is 11.1 Å². The number of halogens is 4. The van der Waals surface area contributed by atoms with Crippen LogP contribution in [-0.2, 0) is 16.2 Å². The van der Waals surface area contributed by atoms with Crippen molar-refractivity contribution < 1.29 is 21.6 Å². The Kier molecular flexibility index (Phi) is 5.37. The second kappa shape index (κ2) is 7.72. The first-order chi connectivity index (χ1) is 14.2. The fourth-order valence-electron chi connectivity index (χ4n) is 3.52. The summed E-state index contributed by atoms with van der Waals surface area (Å²) in [4.78, 5) is 6.24. The molecule has 158 valence electrons. The second-order valence-corrected chi connectivity index (χ2v) is 9.28. The molecular weight excluding hydrogens is 439 g/mol. The zero-order valence-corrected chi connectivity index (χ0v) is 17.2. The average molecular weight is 456 g/mol. The monoisotopic (exact) mass is 455 g/mol. The number of benzene rings is 2. The Morgan fingerprint density at radius 1 is 0.933 bits per heavy atom. The van der Waals surface area contributed by atoms with Gasteiger partial charge in [0.25, 0.3) is 0 Å². The number of hydrogen-bond acceptors (Lipinski definition) is 4. The number of pyridine rings is 1. The molecule has 0 bridgehead atoms. The molecule has 10 heteroatoms. The van der Waals surface area contributed by atoms with Crippen molar-refractivity contribution >= 4 is 38.2 Å². The van der Waals surface area contributed by atoms with Gasteiger partial charge in [-0.2, -0.15) is 17.5 Å². The molecule has 1 fully saturated rings. The maximum atomic E-state index is 12.8. The van der Waals surface area contributed by atoms with Gasteiger partial charge in [0, 0.05) is 48.5 Å². The molecule has 0 spiro atoms. The molecule has 3 aromatic rings. The molecule has 2 heterocycles. The fourth-order valence-corrected chi connectivity index (χ4v) is 5.10. The van der Waals surface area contributed by atoms with Gasteiger partial charge in [-0.1, -0.05) is 11.6 Å². The van der Waals surface area contributed by atoms with Crippen LogP contribution in [0.25, 0.3) is 10.9 Å². The van der Waals surface area contributed by atoms with E-state index in [-0.39, 0.29) is 18.0 Å². The van der Waals surface area contributed by atoms with Crippen LogP contribution in [0.2, 0.25) is 5.02 Å². The Labute approximate surface area is 176 Å². The zero-order chi connectivity index (χ0) is 21.5. The van der Waals surface area contributed by atoms with Crippen LogP contribution >= 0.6 is 11.6 Å². The first kappa shape index (κ1) is 20.9. The highest BCUT2D eigenvalue weighted by molar-refractivity contribution is 7.89. The van der Waals surface area contributed by atoms with E-state index in [4.69, 9.17) is 11.6 Å². The molecule has 0 aliphatic carbocycles. The van der Waals surface area contributed by atoms with Crippen LogP contribution in [-0.4, -0.2) is 43.9 Å². The summed E-state index contributed by atoms with van der Waals surface area (Å²) in [7, 11) is -3.87. The predicted molar refractivity (Wildman–Crippen MR) is 109 cm³/mol. The first-order valence-corrected chi connectivity index (χ1v) is 10.9. The summed E-state index contributed by atoms with van der Waals surface area (Å²) < 4.78 is 65.2. The molecular formula is C20H17ClF3N3O2S. The molecule has 0 N–H and O–H groups in total. The van der Waals surface area contributed by atoms with Crippen molar-refractivity contribution in [3.63, 3.8) is 0 Å². The van der Waals surface area contributed by atoms with E-state index in [1.54, 1.807) is 18.3 Å². The number of anilines is 1. The lowest BCUT2D eigenvalue weighted by Gasteiger charge is -2.35. The van der Waals surface area contributed by atoms with Gasteiger partial charge in [-0.3, -0.25) is 4.98 Å². The fraction of sp³-hybridized carbons (Fsp3) is 0.250. The zero-order valence-electron chi connectivity index (χ0n) is 15.6. The maximum absolute atomic E-state index is 12.8. The molecule has 0 saturated carbocycles. The summed E-state index contributed by atoms with van der Waals surface area (Å²) in [5.41, 5.74) is 0.805. The number of hydrogen-bond donors (Lipinski definition) is 0. The lowest BCUT2D eigenvalue weighted by molar-refractivity contribution is -0.137. The third-order valence-corrected chi connectivity index (χ3v) is 7.23. The first-order valence-electron chi connectivity index (χ1n) is 9.13. The standard InChI is InChI=1S/C20H17ClF3N3O2S/c21-15-3-6-17-18(13-15)25-8-7-19(17)26-9-11-27(12-10-26)30(28,29)16-4-1-14(2-5-16)20(22,23)24/h1-8,13H,9-12H2. The van der Waals surface area contributed by atoms with Crippen LogP contribution < -0.4 is 4.90 Å². The third-order valence-electron chi connectivity index (χ3n) is 5.08. The van der Waals surface area contributed by atoms with Crippen molar-refractivity contribution in [2.75, 3.05) is 31.1 Å². The Morgan fingerprint density at radius 2 is 1.60 bits per heavy atom. The Balaban J connectivity index is 1.52. The molecule has 1 aliphatic heterocycles. The minimum Gasteiger partial charge on any atom is -0.368 e. The molecule has 2 aromatic carbocycles. The van der Waals surface area contributed by atoms with Crippen LogP contribution in [0, 0.1) is 0 Å². The van der Waals surface area contributed by atoms with Crippen LogP contribution in [0.5, 0.6) is 0 Å². The molecule has 0 unspecified atom stereocenters. The number of sulfonamides is 1. The molecule has 0 amide bonds. The van der Waals surface area contributed by atoms with Gasteiger partial charge < -0.3 is 4.90 Å². The summed E-state index contributed by atoms with van der Waals surface area (Å²) >= 11 is 6.03. The SMILES string of the molecule is O=S(=O)(c1ccc(C(F)(F)F)cc1)N1CCN(c2ccnc3cc(Cl)ccc23)CC1.